The van der Waals surface area contributed by atoms with Crippen LogP contribution >= 0.6 is 11.5 Å². The second-order valence-electron chi connectivity index (χ2n) is 6.48. The third-order valence-electron chi connectivity index (χ3n) is 5.10. The standard InChI is InChI=1S/C19H20N4OS/c1-12-16(10-20)19(25-22-12)23-7-5-13(6-8-23)17-11-21-18-4-3-14(24-2)9-15(17)18/h3-4,9,11,13,21H,5-8H2,1-2H3. The summed E-state index contributed by atoms with van der Waals surface area (Å²) < 4.78 is 9.73. The molecular weight excluding hydrogens is 332 g/mol. The van der Waals surface area contributed by atoms with Crippen molar-refractivity contribution in [3.63, 3.8) is 0 Å². The van der Waals surface area contributed by atoms with E-state index in [1.807, 2.05) is 13.0 Å². The van der Waals surface area contributed by atoms with Crippen LogP contribution in [0.2, 0.25) is 0 Å². The Morgan fingerprint density at radius 3 is 2.88 bits per heavy atom. The van der Waals surface area contributed by atoms with E-state index in [1.54, 1.807) is 7.11 Å². The van der Waals surface area contributed by atoms with E-state index in [-0.39, 0.29) is 0 Å². The fourth-order valence-electron chi connectivity index (χ4n) is 3.68. The number of methoxy groups -OCH3 is 1. The van der Waals surface area contributed by atoms with Gasteiger partial charge in [0.2, 0.25) is 0 Å². The monoisotopic (exact) mass is 352 g/mol. The molecule has 25 heavy (non-hydrogen) atoms. The number of piperidine rings is 1. The van der Waals surface area contributed by atoms with Crippen molar-refractivity contribution < 1.29 is 4.74 Å². The molecule has 6 heteroatoms. The Labute approximate surface area is 151 Å². The van der Waals surface area contributed by atoms with Crippen LogP contribution < -0.4 is 9.64 Å². The van der Waals surface area contributed by atoms with Gasteiger partial charge < -0.3 is 14.6 Å². The summed E-state index contributed by atoms with van der Waals surface area (Å²) in [4.78, 5) is 5.70. The summed E-state index contributed by atoms with van der Waals surface area (Å²) in [6.07, 6.45) is 4.29. The molecule has 3 aromatic rings. The molecule has 1 aliphatic heterocycles. The zero-order valence-electron chi connectivity index (χ0n) is 14.4. The van der Waals surface area contributed by atoms with Crippen molar-refractivity contribution in [2.24, 2.45) is 0 Å². The average Bonchev–Trinajstić information content (AvgIpc) is 3.24. The molecular formula is C19H20N4OS. The molecule has 1 N–H and O–H groups in total. The normalized spacial score (nSPS) is 15.5. The molecule has 0 unspecified atom stereocenters. The van der Waals surface area contributed by atoms with Gasteiger partial charge in [0.1, 0.15) is 22.4 Å². The molecule has 0 aliphatic carbocycles. The van der Waals surface area contributed by atoms with Crippen molar-refractivity contribution >= 4 is 27.4 Å². The zero-order chi connectivity index (χ0) is 17.4. The lowest BCUT2D eigenvalue weighted by Crippen LogP contribution is -2.32. The summed E-state index contributed by atoms with van der Waals surface area (Å²) in [6.45, 7) is 3.82. The number of H-pyrrole nitrogens is 1. The largest absolute Gasteiger partial charge is 0.497 e. The number of nitrogens with one attached hydrogen (secondary N) is 1. The Morgan fingerprint density at radius 2 is 2.16 bits per heavy atom. The Balaban J connectivity index is 1.55. The maximum atomic E-state index is 9.36. The molecule has 4 rings (SSSR count). The van der Waals surface area contributed by atoms with Crippen LogP contribution in [-0.4, -0.2) is 29.6 Å². The number of aryl methyl sites for hydroxylation is 1. The number of anilines is 1. The van der Waals surface area contributed by atoms with Crippen molar-refractivity contribution in [2.45, 2.75) is 25.7 Å². The molecule has 0 radical (unpaired) electrons. The maximum Gasteiger partial charge on any atom is 0.130 e. The van der Waals surface area contributed by atoms with Crippen LogP contribution in [0.1, 0.15) is 35.6 Å². The number of nitriles is 1. The molecule has 1 saturated heterocycles. The van der Waals surface area contributed by atoms with E-state index in [2.05, 4.69) is 38.7 Å². The van der Waals surface area contributed by atoms with E-state index in [4.69, 9.17) is 4.74 Å². The summed E-state index contributed by atoms with van der Waals surface area (Å²) in [5.41, 5.74) is 4.10. The summed E-state index contributed by atoms with van der Waals surface area (Å²) in [5, 5.41) is 11.6. The van der Waals surface area contributed by atoms with Crippen molar-refractivity contribution in [1.82, 2.24) is 9.36 Å². The minimum Gasteiger partial charge on any atom is -0.497 e. The van der Waals surface area contributed by atoms with Gasteiger partial charge in [0.25, 0.3) is 0 Å². The zero-order valence-corrected chi connectivity index (χ0v) is 15.2. The maximum absolute atomic E-state index is 9.36. The highest BCUT2D eigenvalue weighted by atomic mass is 32.1. The first-order valence-electron chi connectivity index (χ1n) is 8.47. The highest BCUT2D eigenvalue weighted by Crippen LogP contribution is 2.37. The van der Waals surface area contributed by atoms with Gasteiger partial charge in [0.05, 0.1) is 12.8 Å². The minimum absolute atomic E-state index is 0.525. The fraction of sp³-hybridized carbons (Fsp3) is 0.368. The number of aromatic amines is 1. The number of rotatable bonds is 3. The first-order valence-corrected chi connectivity index (χ1v) is 9.25. The Hall–Kier alpha value is -2.52. The van der Waals surface area contributed by atoms with E-state index < -0.39 is 0 Å². The minimum atomic E-state index is 0.525. The van der Waals surface area contributed by atoms with Crippen LogP contribution in [0.15, 0.2) is 24.4 Å². The van der Waals surface area contributed by atoms with Crippen LogP contribution in [0, 0.1) is 18.3 Å². The first-order chi connectivity index (χ1) is 12.2. The number of fused-ring (bicyclic) bond motifs is 1. The van der Waals surface area contributed by atoms with Gasteiger partial charge in [0.15, 0.2) is 0 Å². The number of aromatic nitrogens is 2. The molecule has 1 aromatic carbocycles. The van der Waals surface area contributed by atoms with Crippen LogP contribution in [0.25, 0.3) is 10.9 Å². The van der Waals surface area contributed by atoms with E-state index in [0.29, 0.717) is 5.92 Å². The third kappa shape index (κ3) is 2.75. The van der Waals surface area contributed by atoms with Crippen LogP contribution in [-0.2, 0) is 0 Å². The fourth-order valence-corrected chi connectivity index (χ4v) is 4.58. The molecule has 2 aromatic heterocycles. The predicted octanol–water partition coefficient (Wildman–Crippen LogP) is 4.20. The van der Waals surface area contributed by atoms with Gasteiger partial charge in [-0.1, -0.05) is 0 Å². The number of hydrogen-bond acceptors (Lipinski definition) is 5. The molecule has 5 nitrogen and oxygen atoms in total. The van der Waals surface area contributed by atoms with Gasteiger partial charge in [-0.2, -0.15) is 9.64 Å². The van der Waals surface area contributed by atoms with E-state index in [1.165, 1.54) is 22.5 Å². The predicted molar refractivity (Wildman–Crippen MR) is 101 cm³/mol. The Bertz CT molecular complexity index is 944. The number of ether oxygens (including phenoxy) is 1. The molecule has 0 atom stereocenters. The number of nitrogens with zero attached hydrogens (tertiary/aromatic N) is 3. The molecule has 0 bridgehead atoms. The van der Waals surface area contributed by atoms with E-state index in [9.17, 15) is 5.26 Å². The summed E-state index contributed by atoms with van der Waals surface area (Å²) in [7, 11) is 1.70. The second kappa shape index (κ2) is 6.41. The lowest BCUT2D eigenvalue weighted by molar-refractivity contribution is 0.415. The summed E-state index contributed by atoms with van der Waals surface area (Å²) in [5.74, 6) is 1.42. The van der Waals surface area contributed by atoms with Crippen LogP contribution in [0.4, 0.5) is 5.00 Å². The molecule has 128 valence electrons. The molecule has 3 heterocycles. The molecule has 1 fully saturated rings. The van der Waals surface area contributed by atoms with Gasteiger partial charge in [-0.25, -0.2) is 0 Å². The van der Waals surface area contributed by atoms with Crippen LogP contribution in [0.5, 0.6) is 5.75 Å². The molecule has 0 saturated carbocycles. The Morgan fingerprint density at radius 1 is 1.36 bits per heavy atom. The quantitative estimate of drug-likeness (QED) is 0.767. The van der Waals surface area contributed by atoms with Gasteiger partial charge in [0, 0.05) is 30.2 Å². The number of benzene rings is 1. The smallest absolute Gasteiger partial charge is 0.130 e. The summed E-state index contributed by atoms with van der Waals surface area (Å²) >= 11 is 1.44. The average molecular weight is 352 g/mol. The van der Waals surface area contributed by atoms with Crippen molar-refractivity contribution in [1.29, 1.82) is 5.26 Å². The highest BCUT2D eigenvalue weighted by molar-refractivity contribution is 7.10. The van der Waals surface area contributed by atoms with Crippen molar-refractivity contribution in [3.05, 3.63) is 41.2 Å². The van der Waals surface area contributed by atoms with Gasteiger partial charge in [-0.05, 0) is 61.0 Å². The highest BCUT2D eigenvalue weighted by Gasteiger charge is 2.26. The topological polar surface area (TPSA) is 64.9 Å². The molecule has 1 aliphatic rings. The van der Waals surface area contributed by atoms with Gasteiger partial charge in [-0.15, -0.1) is 0 Å². The van der Waals surface area contributed by atoms with Crippen molar-refractivity contribution in [3.8, 4) is 11.8 Å². The SMILES string of the molecule is COc1ccc2[nH]cc(C3CCN(c4snc(C)c4C#N)CC3)c2c1. The van der Waals surface area contributed by atoms with Gasteiger partial charge in [-0.3, -0.25) is 0 Å². The van der Waals surface area contributed by atoms with E-state index >= 15 is 0 Å². The second-order valence-corrected chi connectivity index (χ2v) is 7.23. The van der Waals surface area contributed by atoms with E-state index in [0.717, 1.165) is 53.5 Å². The molecule has 0 amide bonds. The van der Waals surface area contributed by atoms with Crippen LogP contribution in [0.3, 0.4) is 0 Å². The Kier molecular flexibility index (Phi) is 4.10. The lowest BCUT2D eigenvalue weighted by Gasteiger charge is -2.32. The first kappa shape index (κ1) is 16.0. The van der Waals surface area contributed by atoms with Crippen molar-refractivity contribution in [2.75, 3.05) is 25.1 Å². The third-order valence-corrected chi connectivity index (χ3v) is 6.10. The summed E-state index contributed by atoms with van der Waals surface area (Å²) in [6, 6.07) is 8.49. The van der Waals surface area contributed by atoms with Gasteiger partial charge >= 0.3 is 0 Å². The lowest BCUT2D eigenvalue weighted by atomic mass is 9.89. The number of hydrogen-bond donors (Lipinski definition) is 1. The molecule has 0 spiro atoms.